The molecule has 1 saturated carbocycles. The van der Waals surface area contributed by atoms with E-state index >= 15 is 0 Å². The summed E-state index contributed by atoms with van der Waals surface area (Å²) in [7, 11) is 0. The van der Waals surface area contributed by atoms with Crippen molar-refractivity contribution in [1.82, 2.24) is 5.32 Å². The van der Waals surface area contributed by atoms with Crippen molar-refractivity contribution in [1.29, 1.82) is 0 Å². The van der Waals surface area contributed by atoms with Crippen LogP contribution < -0.4 is 10.1 Å². The molecule has 2 aliphatic rings. The molecular formula is C23H25NO4. The molecule has 1 amide bonds. The van der Waals surface area contributed by atoms with Gasteiger partial charge in [-0.25, -0.2) is 4.79 Å². The van der Waals surface area contributed by atoms with Gasteiger partial charge in [-0.15, -0.1) is 0 Å². The minimum Gasteiger partial charge on any atom is -0.482 e. The summed E-state index contributed by atoms with van der Waals surface area (Å²) < 4.78 is 5.13. The van der Waals surface area contributed by atoms with Crippen LogP contribution in [0.3, 0.4) is 0 Å². The van der Waals surface area contributed by atoms with Gasteiger partial charge < -0.3 is 15.2 Å². The van der Waals surface area contributed by atoms with E-state index < -0.39 is 5.97 Å². The fraction of sp³-hybridized carbons (Fsp3) is 0.391. The lowest BCUT2D eigenvalue weighted by Crippen LogP contribution is -2.31. The van der Waals surface area contributed by atoms with E-state index in [2.05, 4.69) is 29.6 Å². The van der Waals surface area contributed by atoms with Crippen LogP contribution >= 0.6 is 0 Å². The van der Waals surface area contributed by atoms with Gasteiger partial charge in [0.15, 0.2) is 6.61 Å². The Hall–Kier alpha value is -2.82. The molecule has 0 radical (unpaired) electrons. The summed E-state index contributed by atoms with van der Waals surface area (Å²) in [6, 6.07) is 15.9. The third-order valence-corrected chi connectivity index (χ3v) is 6.01. The minimum atomic E-state index is -0.995. The molecule has 2 N–H and O–H groups in total. The Morgan fingerprint density at radius 1 is 1.14 bits per heavy atom. The molecule has 1 spiro atoms. The molecule has 2 unspecified atom stereocenters. The average Bonchev–Trinajstić information content (AvgIpc) is 3.42. The van der Waals surface area contributed by atoms with Gasteiger partial charge in [0.05, 0.1) is 0 Å². The molecule has 0 heterocycles. The quantitative estimate of drug-likeness (QED) is 0.775. The lowest BCUT2D eigenvalue weighted by atomic mass is 9.78. The van der Waals surface area contributed by atoms with Gasteiger partial charge in [0, 0.05) is 17.9 Å². The standard InChI is InChI=1S/C23H25NO4/c25-21(26)15-28-18-9-7-16(8-10-18)11-13-24-22(27)20-14-23(20)12-3-5-17-4-1-2-6-19(17)23/h1-2,4,6-10,20H,3,5,11-15H2,(H,24,27)(H,25,26). The third kappa shape index (κ3) is 3.75. The lowest BCUT2D eigenvalue weighted by molar-refractivity contribution is -0.139. The van der Waals surface area contributed by atoms with Crippen LogP contribution in [0.25, 0.3) is 0 Å². The molecule has 0 aromatic heterocycles. The number of carboxylic acid groups (broad SMARTS) is 1. The van der Waals surface area contributed by atoms with Gasteiger partial charge in [0.1, 0.15) is 5.75 Å². The lowest BCUT2D eigenvalue weighted by Gasteiger charge is -2.26. The van der Waals surface area contributed by atoms with E-state index in [4.69, 9.17) is 9.84 Å². The van der Waals surface area contributed by atoms with Gasteiger partial charge >= 0.3 is 5.97 Å². The third-order valence-electron chi connectivity index (χ3n) is 6.01. The van der Waals surface area contributed by atoms with Crippen LogP contribution in [0, 0.1) is 5.92 Å². The van der Waals surface area contributed by atoms with Crippen LogP contribution in [0.15, 0.2) is 48.5 Å². The van der Waals surface area contributed by atoms with E-state index in [1.807, 2.05) is 12.1 Å². The Kier molecular flexibility index (Phi) is 5.07. The summed E-state index contributed by atoms with van der Waals surface area (Å²) in [5.41, 5.74) is 3.95. The highest BCUT2D eigenvalue weighted by atomic mass is 16.5. The van der Waals surface area contributed by atoms with E-state index in [0.717, 1.165) is 37.7 Å². The molecule has 2 aromatic rings. The predicted molar refractivity (Wildman–Crippen MR) is 105 cm³/mol. The number of amides is 1. The van der Waals surface area contributed by atoms with Crippen LogP contribution in [0.4, 0.5) is 0 Å². The number of fused-ring (bicyclic) bond motifs is 2. The van der Waals surface area contributed by atoms with Crippen molar-refractivity contribution >= 4 is 11.9 Å². The molecule has 2 aromatic carbocycles. The number of benzene rings is 2. The Labute approximate surface area is 164 Å². The van der Waals surface area contributed by atoms with Gasteiger partial charge in [-0.05, 0) is 60.9 Å². The fourth-order valence-corrected chi connectivity index (χ4v) is 4.53. The average molecular weight is 379 g/mol. The maximum absolute atomic E-state index is 12.7. The van der Waals surface area contributed by atoms with Crippen LogP contribution in [-0.4, -0.2) is 30.1 Å². The fourth-order valence-electron chi connectivity index (χ4n) is 4.53. The molecule has 4 rings (SSSR count). The molecule has 1 fully saturated rings. The zero-order valence-electron chi connectivity index (χ0n) is 15.8. The monoisotopic (exact) mass is 379 g/mol. The first-order chi connectivity index (χ1) is 13.6. The smallest absolute Gasteiger partial charge is 0.341 e. The molecule has 5 heteroatoms. The van der Waals surface area contributed by atoms with Crippen molar-refractivity contribution in [2.45, 2.75) is 37.5 Å². The van der Waals surface area contributed by atoms with Crippen molar-refractivity contribution in [3.8, 4) is 5.75 Å². The SMILES string of the molecule is O=C(O)COc1ccc(CCNC(=O)C2CC23CCCc2ccccc23)cc1. The first-order valence-electron chi connectivity index (χ1n) is 9.88. The first-order valence-corrected chi connectivity index (χ1v) is 9.88. The summed E-state index contributed by atoms with van der Waals surface area (Å²) >= 11 is 0. The van der Waals surface area contributed by atoms with E-state index in [-0.39, 0.29) is 23.8 Å². The molecular weight excluding hydrogens is 354 g/mol. The van der Waals surface area contributed by atoms with Crippen LogP contribution in [-0.2, 0) is 27.8 Å². The van der Waals surface area contributed by atoms with Crippen LogP contribution in [0.2, 0.25) is 0 Å². The van der Waals surface area contributed by atoms with Crippen molar-refractivity contribution < 1.29 is 19.4 Å². The highest BCUT2D eigenvalue weighted by Gasteiger charge is 2.59. The van der Waals surface area contributed by atoms with Crippen molar-refractivity contribution in [2.75, 3.05) is 13.2 Å². The summed E-state index contributed by atoms with van der Waals surface area (Å²) in [4.78, 5) is 23.2. The number of carbonyl (C=O) groups excluding carboxylic acids is 1. The predicted octanol–water partition coefficient (Wildman–Crippen LogP) is 3.10. The molecule has 2 aliphatic carbocycles. The minimum absolute atomic E-state index is 0.0715. The van der Waals surface area contributed by atoms with Crippen molar-refractivity contribution in [3.05, 3.63) is 65.2 Å². The van der Waals surface area contributed by atoms with Crippen LogP contribution in [0.1, 0.15) is 36.0 Å². The Morgan fingerprint density at radius 2 is 1.93 bits per heavy atom. The maximum atomic E-state index is 12.7. The van der Waals surface area contributed by atoms with Gasteiger partial charge in [-0.3, -0.25) is 4.79 Å². The highest BCUT2D eigenvalue weighted by Crippen LogP contribution is 2.60. The van der Waals surface area contributed by atoms with Crippen molar-refractivity contribution in [3.63, 3.8) is 0 Å². The van der Waals surface area contributed by atoms with Gasteiger partial charge in [-0.2, -0.15) is 0 Å². The Bertz CT molecular complexity index is 876. The molecule has 28 heavy (non-hydrogen) atoms. The van der Waals surface area contributed by atoms with Gasteiger partial charge in [0.2, 0.25) is 5.91 Å². The molecule has 0 aliphatic heterocycles. The number of hydrogen-bond acceptors (Lipinski definition) is 3. The van der Waals surface area contributed by atoms with E-state index in [9.17, 15) is 9.59 Å². The number of aryl methyl sites for hydroxylation is 1. The topological polar surface area (TPSA) is 75.6 Å². The van der Waals surface area contributed by atoms with Crippen LogP contribution in [0.5, 0.6) is 5.75 Å². The number of hydrogen-bond donors (Lipinski definition) is 2. The molecule has 0 bridgehead atoms. The Balaban J connectivity index is 1.28. The number of carbonyl (C=O) groups is 2. The molecule has 2 atom stereocenters. The van der Waals surface area contributed by atoms with E-state index in [1.165, 1.54) is 11.1 Å². The highest BCUT2D eigenvalue weighted by molar-refractivity contribution is 5.84. The first kappa shape index (κ1) is 18.5. The summed E-state index contributed by atoms with van der Waals surface area (Å²) in [5, 5.41) is 11.7. The second-order valence-electron chi connectivity index (χ2n) is 7.79. The number of aliphatic carboxylic acids is 1. The molecule has 5 nitrogen and oxygen atoms in total. The number of rotatable bonds is 7. The van der Waals surface area contributed by atoms with E-state index in [0.29, 0.717) is 12.3 Å². The second-order valence-corrected chi connectivity index (χ2v) is 7.79. The summed E-state index contributed by atoms with van der Waals surface area (Å²) in [6.07, 6.45) is 5.10. The van der Waals surface area contributed by atoms with Crippen molar-refractivity contribution in [2.24, 2.45) is 5.92 Å². The number of carboxylic acids is 1. The molecule has 0 saturated heterocycles. The number of ether oxygens (including phenoxy) is 1. The van der Waals surface area contributed by atoms with Gasteiger partial charge in [-0.1, -0.05) is 36.4 Å². The summed E-state index contributed by atoms with van der Waals surface area (Å²) in [5.74, 6) is -0.199. The van der Waals surface area contributed by atoms with E-state index in [1.54, 1.807) is 12.1 Å². The second kappa shape index (κ2) is 7.66. The largest absolute Gasteiger partial charge is 0.482 e. The molecule has 146 valence electrons. The maximum Gasteiger partial charge on any atom is 0.341 e. The summed E-state index contributed by atoms with van der Waals surface area (Å²) in [6.45, 7) is 0.254. The Morgan fingerprint density at radius 3 is 2.71 bits per heavy atom. The van der Waals surface area contributed by atoms with Gasteiger partial charge in [0.25, 0.3) is 0 Å². The zero-order valence-corrected chi connectivity index (χ0v) is 15.8. The number of nitrogens with one attached hydrogen (secondary N) is 1. The zero-order chi connectivity index (χ0) is 19.6. The normalized spacial score (nSPS) is 22.4.